The van der Waals surface area contributed by atoms with E-state index in [1.165, 1.54) is 16.4 Å². The molecule has 2 rings (SSSR count). The van der Waals surface area contributed by atoms with Gasteiger partial charge < -0.3 is 5.43 Å². The van der Waals surface area contributed by atoms with Gasteiger partial charge in [-0.15, -0.1) is 16.4 Å². The Kier molecular flexibility index (Phi) is 4.43. The van der Waals surface area contributed by atoms with Crippen molar-refractivity contribution < 1.29 is 0 Å². The lowest BCUT2D eigenvalue weighted by molar-refractivity contribution is 0.328. The SMILES string of the molecule is CN(CCc1cccs1)Cc1nnsc1NN. The Balaban J connectivity index is 1.83. The summed E-state index contributed by atoms with van der Waals surface area (Å²) >= 11 is 3.08. The molecule has 0 aromatic carbocycles. The highest BCUT2D eigenvalue weighted by Gasteiger charge is 2.09. The fourth-order valence-corrected chi connectivity index (χ4v) is 2.70. The topological polar surface area (TPSA) is 67.1 Å². The molecule has 92 valence electrons. The number of nitrogens with zero attached hydrogens (tertiary/aromatic N) is 3. The molecule has 0 saturated carbocycles. The van der Waals surface area contributed by atoms with E-state index in [-0.39, 0.29) is 0 Å². The average Bonchev–Trinajstić information content (AvgIpc) is 2.97. The Morgan fingerprint density at radius 1 is 1.53 bits per heavy atom. The molecule has 0 saturated heterocycles. The molecule has 17 heavy (non-hydrogen) atoms. The maximum atomic E-state index is 5.39. The molecule has 3 N–H and O–H groups in total. The molecule has 0 aliphatic heterocycles. The van der Waals surface area contributed by atoms with E-state index < -0.39 is 0 Å². The minimum Gasteiger partial charge on any atom is -0.313 e. The van der Waals surface area contributed by atoms with Crippen molar-refractivity contribution in [2.24, 2.45) is 5.84 Å². The van der Waals surface area contributed by atoms with Crippen LogP contribution in [0, 0.1) is 0 Å². The smallest absolute Gasteiger partial charge is 0.148 e. The third-order valence-electron chi connectivity index (χ3n) is 2.43. The second kappa shape index (κ2) is 6.06. The van der Waals surface area contributed by atoms with Gasteiger partial charge in [0.05, 0.1) is 0 Å². The number of nitrogens with one attached hydrogen (secondary N) is 1. The van der Waals surface area contributed by atoms with E-state index >= 15 is 0 Å². The maximum absolute atomic E-state index is 5.39. The number of rotatable bonds is 6. The zero-order valence-electron chi connectivity index (χ0n) is 9.59. The van der Waals surface area contributed by atoms with Gasteiger partial charge in [-0.2, -0.15) is 0 Å². The van der Waals surface area contributed by atoms with Gasteiger partial charge in [-0.1, -0.05) is 10.6 Å². The van der Waals surface area contributed by atoms with Crippen molar-refractivity contribution in [2.75, 3.05) is 19.0 Å². The lowest BCUT2D eigenvalue weighted by atomic mass is 10.3. The number of hydrazine groups is 1. The van der Waals surface area contributed by atoms with Crippen LogP contribution in [0.1, 0.15) is 10.6 Å². The van der Waals surface area contributed by atoms with Gasteiger partial charge in [0, 0.05) is 29.5 Å². The van der Waals surface area contributed by atoms with Crippen molar-refractivity contribution in [3.8, 4) is 0 Å². The zero-order chi connectivity index (χ0) is 12.1. The van der Waals surface area contributed by atoms with Gasteiger partial charge in [-0.05, 0) is 24.9 Å². The molecule has 0 aliphatic rings. The standard InChI is InChI=1S/C10H15N5S2/c1-15(5-4-8-3-2-6-16-8)7-9-10(12-11)17-14-13-9/h2-3,6,12H,4-5,7,11H2,1H3. The molecule has 2 aromatic rings. The number of anilines is 1. The fourth-order valence-electron chi connectivity index (χ4n) is 1.51. The van der Waals surface area contributed by atoms with Gasteiger partial charge in [-0.3, -0.25) is 4.90 Å². The summed E-state index contributed by atoms with van der Waals surface area (Å²) in [6, 6.07) is 4.25. The molecule has 5 nitrogen and oxygen atoms in total. The molecule has 0 atom stereocenters. The summed E-state index contributed by atoms with van der Waals surface area (Å²) in [7, 11) is 2.08. The molecular weight excluding hydrogens is 254 g/mol. The van der Waals surface area contributed by atoms with Gasteiger partial charge in [-0.25, -0.2) is 5.84 Å². The minimum absolute atomic E-state index is 0.765. The quantitative estimate of drug-likeness (QED) is 0.615. The largest absolute Gasteiger partial charge is 0.313 e. The van der Waals surface area contributed by atoms with Gasteiger partial charge in [0.15, 0.2) is 0 Å². The van der Waals surface area contributed by atoms with Crippen LogP contribution in [0.2, 0.25) is 0 Å². The number of nitrogen functional groups attached to an aromatic ring is 1. The van der Waals surface area contributed by atoms with Crippen LogP contribution in [-0.2, 0) is 13.0 Å². The van der Waals surface area contributed by atoms with E-state index in [0.717, 1.165) is 30.2 Å². The van der Waals surface area contributed by atoms with Crippen molar-refractivity contribution in [3.05, 3.63) is 28.1 Å². The van der Waals surface area contributed by atoms with Crippen LogP contribution in [0.4, 0.5) is 5.00 Å². The first-order chi connectivity index (χ1) is 8.29. The van der Waals surface area contributed by atoms with Crippen molar-refractivity contribution in [1.29, 1.82) is 0 Å². The van der Waals surface area contributed by atoms with Gasteiger partial charge in [0.2, 0.25) is 0 Å². The van der Waals surface area contributed by atoms with E-state index in [9.17, 15) is 0 Å². The highest BCUT2D eigenvalue weighted by molar-refractivity contribution is 7.10. The normalized spacial score (nSPS) is 11.0. The Morgan fingerprint density at radius 3 is 3.12 bits per heavy atom. The summed E-state index contributed by atoms with van der Waals surface area (Å²) in [5.41, 5.74) is 3.53. The number of likely N-dealkylation sites (N-methyl/N-ethyl adjacent to an activating group) is 1. The molecule has 0 amide bonds. The van der Waals surface area contributed by atoms with Gasteiger partial charge >= 0.3 is 0 Å². The molecule has 0 aliphatic carbocycles. The molecule has 0 bridgehead atoms. The van der Waals surface area contributed by atoms with Crippen molar-refractivity contribution >= 4 is 27.9 Å². The van der Waals surface area contributed by atoms with Crippen LogP contribution in [0.3, 0.4) is 0 Å². The Hall–Kier alpha value is -1.02. The average molecular weight is 269 g/mol. The van der Waals surface area contributed by atoms with Crippen LogP contribution in [0.5, 0.6) is 0 Å². The second-order valence-electron chi connectivity index (χ2n) is 3.76. The molecule has 2 aromatic heterocycles. The molecule has 7 heteroatoms. The molecule has 0 unspecified atom stereocenters. The highest BCUT2D eigenvalue weighted by atomic mass is 32.1. The lowest BCUT2D eigenvalue weighted by Gasteiger charge is -2.14. The van der Waals surface area contributed by atoms with Crippen molar-refractivity contribution in [1.82, 2.24) is 14.5 Å². The zero-order valence-corrected chi connectivity index (χ0v) is 11.2. The summed E-state index contributed by atoms with van der Waals surface area (Å²) in [6.07, 6.45) is 1.07. The second-order valence-corrected chi connectivity index (χ2v) is 5.55. The Labute approximate surface area is 108 Å². The predicted molar refractivity (Wildman–Crippen MR) is 72.1 cm³/mol. The molecule has 2 heterocycles. The fraction of sp³-hybridized carbons (Fsp3) is 0.400. The van der Waals surface area contributed by atoms with E-state index in [2.05, 4.69) is 44.5 Å². The predicted octanol–water partition coefficient (Wildman–Crippen LogP) is 1.56. The van der Waals surface area contributed by atoms with Gasteiger partial charge in [0.1, 0.15) is 10.7 Å². The first kappa shape index (κ1) is 12.4. The summed E-state index contributed by atoms with van der Waals surface area (Å²) in [4.78, 5) is 3.63. The summed E-state index contributed by atoms with van der Waals surface area (Å²) in [6.45, 7) is 1.77. The summed E-state index contributed by atoms with van der Waals surface area (Å²) in [5.74, 6) is 5.39. The number of thiophene rings is 1. The van der Waals surface area contributed by atoms with E-state index in [4.69, 9.17) is 5.84 Å². The van der Waals surface area contributed by atoms with Crippen LogP contribution in [0.25, 0.3) is 0 Å². The van der Waals surface area contributed by atoms with Crippen LogP contribution < -0.4 is 11.3 Å². The number of aromatic nitrogens is 2. The molecule has 0 spiro atoms. The van der Waals surface area contributed by atoms with Crippen LogP contribution >= 0.6 is 22.9 Å². The minimum atomic E-state index is 0.765. The Bertz CT molecular complexity index is 439. The number of nitrogens with two attached hydrogens (primary N) is 1. The van der Waals surface area contributed by atoms with Crippen molar-refractivity contribution in [2.45, 2.75) is 13.0 Å². The molecule has 0 radical (unpaired) electrons. The first-order valence-electron chi connectivity index (χ1n) is 5.28. The third kappa shape index (κ3) is 3.47. The number of hydrogen-bond donors (Lipinski definition) is 2. The van der Waals surface area contributed by atoms with Gasteiger partial charge in [0.25, 0.3) is 0 Å². The number of hydrogen-bond acceptors (Lipinski definition) is 7. The first-order valence-corrected chi connectivity index (χ1v) is 6.93. The van der Waals surface area contributed by atoms with Crippen LogP contribution in [0.15, 0.2) is 17.5 Å². The van der Waals surface area contributed by atoms with Crippen molar-refractivity contribution in [3.63, 3.8) is 0 Å². The monoisotopic (exact) mass is 269 g/mol. The van der Waals surface area contributed by atoms with E-state index in [1.807, 2.05) is 0 Å². The molecular formula is C10H15N5S2. The highest BCUT2D eigenvalue weighted by Crippen LogP contribution is 2.17. The Morgan fingerprint density at radius 2 is 2.41 bits per heavy atom. The third-order valence-corrected chi connectivity index (χ3v) is 4.06. The summed E-state index contributed by atoms with van der Waals surface area (Å²) < 4.78 is 3.88. The molecule has 0 fully saturated rings. The van der Waals surface area contributed by atoms with E-state index in [0.29, 0.717) is 0 Å². The maximum Gasteiger partial charge on any atom is 0.148 e. The van der Waals surface area contributed by atoms with E-state index in [1.54, 1.807) is 11.3 Å². The van der Waals surface area contributed by atoms with Crippen LogP contribution in [-0.4, -0.2) is 28.1 Å². The lowest BCUT2D eigenvalue weighted by Crippen LogP contribution is -2.21. The summed E-state index contributed by atoms with van der Waals surface area (Å²) in [5, 5.41) is 7.01.